The van der Waals surface area contributed by atoms with Gasteiger partial charge in [0.15, 0.2) is 11.5 Å². The number of hydrogen-bond acceptors (Lipinski definition) is 4. The van der Waals surface area contributed by atoms with Crippen LogP contribution in [0.25, 0.3) is 0 Å². The molecule has 2 N–H and O–H groups in total. The normalized spacial score (nSPS) is 16.0. The number of amides is 1. The lowest BCUT2D eigenvalue weighted by Gasteiger charge is -2.11. The zero-order chi connectivity index (χ0) is 18.6. The van der Waals surface area contributed by atoms with E-state index in [-0.39, 0.29) is 17.0 Å². The average Bonchev–Trinajstić information content (AvgIpc) is 3.05. The first-order valence-electron chi connectivity index (χ1n) is 9.62. The van der Waals surface area contributed by atoms with Crippen LogP contribution in [0.5, 0.6) is 11.5 Å². The lowest BCUT2D eigenvalue weighted by Crippen LogP contribution is -2.30. The number of hydrogen-bond donors (Lipinski definition) is 2. The molecule has 0 radical (unpaired) electrons. The lowest BCUT2D eigenvalue weighted by atomic mass is 10.1. The second kappa shape index (κ2) is 7.86. The van der Waals surface area contributed by atoms with Crippen molar-refractivity contribution in [1.29, 1.82) is 0 Å². The first kappa shape index (κ1) is 17.6. The van der Waals surface area contributed by atoms with Crippen LogP contribution in [0.2, 0.25) is 0 Å². The molecule has 0 atom stereocenters. The van der Waals surface area contributed by atoms with Gasteiger partial charge >= 0.3 is 0 Å². The Bertz CT molecular complexity index is 904. The van der Waals surface area contributed by atoms with E-state index in [1.54, 1.807) is 6.07 Å². The highest BCUT2D eigenvalue weighted by molar-refractivity contribution is 5.94. The van der Waals surface area contributed by atoms with Gasteiger partial charge in [-0.05, 0) is 55.0 Å². The van der Waals surface area contributed by atoms with Crippen molar-refractivity contribution >= 4 is 5.91 Å². The van der Waals surface area contributed by atoms with E-state index in [2.05, 4.69) is 10.3 Å². The fourth-order valence-electron chi connectivity index (χ4n) is 3.62. The fourth-order valence-corrected chi connectivity index (χ4v) is 3.62. The standard InChI is InChI=1S/C21H24N2O4/c24-20(16-12-15-5-2-1-3-6-17(15)23-21(16)25)22-13-14-7-8-18-19(11-14)27-10-4-9-26-18/h7-8,11-12H,1-6,9-10,13H2,(H,22,24)(H,23,25). The minimum absolute atomic E-state index is 0.185. The van der Waals surface area contributed by atoms with E-state index in [0.29, 0.717) is 25.5 Å². The second-order valence-corrected chi connectivity index (χ2v) is 7.09. The predicted octanol–water partition coefficient (Wildman–Crippen LogP) is 2.74. The molecular formula is C21H24N2O4. The van der Waals surface area contributed by atoms with E-state index in [1.807, 2.05) is 18.2 Å². The molecule has 0 saturated heterocycles. The Labute approximate surface area is 157 Å². The molecule has 2 aromatic rings. The van der Waals surface area contributed by atoms with Gasteiger partial charge < -0.3 is 19.8 Å². The quantitative estimate of drug-likeness (QED) is 0.817. The van der Waals surface area contributed by atoms with Gasteiger partial charge in [-0.25, -0.2) is 0 Å². The van der Waals surface area contributed by atoms with Crippen LogP contribution in [0.4, 0.5) is 0 Å². The molecule has 0 saturated carbocycles. The average molecular weight is 368 g/mol. The van der Waals surface area contributed by atoms with Crippen LogP contribution in [0.3, 0.4) is 0 Å². The van der Waals surface area contributed by atoms with Crippen LogP contribution in [0, 0.1) is 0 Å². The molecule has 4 rings (SSSR count). The van der Waals surface area contributed by atoms with Gasteiger partial charge in [0.2, 0.25) is 0 Å². The van der Waals surface area contributed by atoms with Crippen molar-refractivity contribution in [3.8, 4) is 11.5 Å². The number of carbonyl (C=O) groups is 1. The molecule has 1 aromatic carbocycles. The molecule has 1 aliphatic heterocycles. The molecule has 0 bridgehead atoms. The van der Waals surface area contributed by atoms with Crippen LogP contribution in [0.1, 0.15) is 52.9 Å². The van der Waals surface area contributed by atoms with E-state index in [1.165, 1.54) is 0 Å². The summed E-state index contributed by atoms with van der Waals surface area (Å²) in [4.78, 5) is 27.8. The van der Waals surface area contributed by atoms with E-state index in [4.69, 9.17) is 9.47 Å². The molecule has 6 nitrogen and oxygen atoms in total. The minimum atomic E-state index is -0.351. The molecule has 1 aromatic heterocycles. The molecule has 27 heavy (non-hydrogen) atoms. The summed E-state index contributed by atoms with van der Waals surface area (Å²) in [5.41, 5.74) is 2.85. The summed E-state index contributed by atoms with van der Waals surface area (Å²) in [7, 11) is 0. The summed E-state index contributed by atoms with van der Waals surface area (Å²) in [5, 5.41) is 2.85. The largest absolute Gasteiger partial charge is 0.490 e. The Morgan fingerprint density at radius 2 is 1.81 bits per heavy atom. The highest BCUT2D eigenvalue weighted by Crippen LogP contribution is 2.30. The molecule has 142 valence electrons. The number of nitrogens with one attached hydrogen (secondary N) is 2. The third kappa shape index (κ3) is 3.99. The number of pyridine rings is 1. The zero-order valence-electron chi connectivity index (χ0n) is 15.3. The monoisotopic (exact) mass is 368 g/mol. The van der Waals surface area contributed by atoms with Gasteiger partial charge in [0.05, 0.1) is 13.2 Å². The molecule has 0 spiro atoms. The van der Waals surface area contributed by atoms with E-state index in [9.17, 15) is 9.59 Å². The molecule has 1 amide bonds. The van der Waals surface area contributed by atoms with Crippen LogP contribution in [0.15, 0.2) is 29.1 Å². The van der Waals surface area contributed by atoms with Crippen LogP contribution >= 0.6 is 0 Å². The van der Waals surface area contributed by atoms with Crippen molar-refractivity contribution in [2.75, 3.05) is 13.2 Å². The van der Waals surface area contributed by atoms with Crippen molar-refractivity contribution in [2.24, 2.45) is 0 Å². The van der Waals surface area contributed by atoms with Crippen LogP contribution in [-0.2, 0) is 19.4 Å². The topological polar surface area (TPSA) is 80.4 Å². The molecule has 1 aliphatic carbocycles. The number of ether oxygens (including phenoxy) is 2. The van der Waals surface area contributed by atoms with Crippen LogP contribution < -0.4 is 20.3 Å². The predicted molar refractivity (Wildman–Crippen MR) is 102 cm³/mol. The smallest absolute Gasteiger partial charge is 0.261 e. The molecular weight excluding hydrogens is 344 g/mol. The maximum absolute atomic E-state index is 12.6. The van der Waals surface area contributed by atoms with Crippen molar-refractivity contribution in [2.45, 2.75) is 45.1 Å². The van der Waals surface area contributed by atoms with Gasteiger partial charge in [-0.1, -0.05) is 12.5 Å². The third-order valence-corrected chi connectivity index (χ3v) is 5.10. The van der Waals surface area contributed by atoms with E-state index in [0.717, 1.165) is 61.1 Å². The Hall–Kier alpha value is -2.76. The van der Waals surface area contributed by atoms with Crippen LogP contribution in [-0.4, -0.2) is 24.1 Å². The second-order valence-electron chi connectivity index (χ2n) is 7.09. The first-order valence-corrected chi connectivity index (χ1v) is 9.62. The Kier molecular flexibility index (Phi) is 5.14. The summed E-state index contributed by atoms with van der Waals surface area (Å²) in [6, 6.07) is 7.40. The molecule has 2 heterocycles. The third-order valence-electron chi connectivity index (χ3n) is 5.10. The Balaban J connectivity index is 1.47. The van der Waals surface area contributed by atoms with Gasteiger partial charge in [-0.15, -0.1) is 0 Å². The maximum Gasteiger partial charge on any atom is 0.261 e. The van der Waals surface area contributed by atoms with Gasteiger partial charge in [0.25, 0.3) is 11.5 Å². The number of aryl methyl sites for hydroxylation is 2. The van der Waals surface area contributed by atoms with Crippen molar-refractivity contribution < 1.29 is 14.3 Å². The minimum Gasteiger partial charge on any atom is -0.490 e. The number of carbonyl (C=O) groups excluding carboxylic acids is 1. The highest BCUT2D eigenvalue weighted by Gasteiger charge is 2.17. The van der Waals surface area contributed by atoms with Gasteiger partial charge in [-0.2, -0.15) is 0 Å². The number of fused-ring (bicyclic) bond motifs is 2. The Morgan fingerprint density at radius 3 is 2.70 bits per heavy atom. The summed E-state index contributed by atoms with van der Waals surface area (Å²) in [5.74, 6) is 1.07. The highest BCUT2D eigenvalue weighted by atomic mass is 16.5. The first-order chi connectivity index (χ1) is 13.2. The summed E-state index contributed by atoms with van der Waals surface area (Å²) < 4.78 is 11.3. The van der Waals surface area contributed by atoms with Crippen molar-refractivity contribution in [1.82, 2.24) is 10.3 Å². The fraction of sp³-hybridized carbons (Fsp3) is 0.429. The molecule has 6 heteroatoms. The zero-order valence-corrected chi connectivity index (χ0v) is 15.3. The summed E-state index contributed by atoms with van der Waals surface area (Å²) in [6.07, 6.45) is 5.97. The Morgan fingerprint density at radius 1 is 1.00 bits per heavy atom. The SMILES string of the molecule is O=C(NCc1ccc2c(c1)OCCCO2)c1cc2c([nH]c1=O)CCCCC2. The maximum atomic E-state index is 12.6. The van der Waals surface area contributed by atoms with Gasteiger partial charge in [0, 0.05) is 18.7 Å². The number of rotatable bonds is 3. The van der Waals surface area contributed by atoms with E-state index < -0.39 is 0 Å². The van der Waals surface area contributed by atoms with E-state index >= 15 is 0 Å². The summed E-state index contributed by atoms with van der Waals surface area (Å²) >= 11 is 0. The summed E-state index contributed by atoms with van der Waals surface area (Å²) in [6.45, 7) is 1.59. The molecule has 2 aliphatic rings. The number of aromatic amines is 1. The molecule has 0 unspecified atom stereocenters. The lowest BCUT2D eigenvalue weighted by molar-refractivity contribution is 0.0949. The number of benzene rings is 1. The van der Waals surface area contributed by atoms with Crippen molar-refractivity contribution in [3.05, 3.63) is 57.0 Å². The number of H-pyrrole nitrogens is 1. The van der Waals surface area contributed by atoms with Gasteiger partial charge in [0.1, 0.15) is 5.56 Å². The van der Waals surface area contributed by atoms with Crippen molar-refractivity contribution in [3.63, 3.8) is 0 Å². The molecule has 0 fully saturated rings. The number of aromatic nitrogens is 1. The van der Waals surface area contributed by atoms with Gasteiger partial charge in [-0.3, -0.25) is 9.59 Å².